The molecule has 12 nitrogen and oxygen atoms in total. The monoisotopic (exact) mass is 446 g/mol. The van der Waals surface area contributed by atoms with Crippen molar-refractivity contribution in [3.63, 3.8) is 0 Å². The van der Waals surface area contributed by atoms with Gasteiger partial charge in [-0.15, -0.1) is 4.28 Å². The second kappa shape index (κ2) is 8.04. The molecule has 0 unspecified atom stereocenters. The van der Waals surface area contributed by atoms with Crippen molar-refractivity contribution in [3.05, 3.63) is 12.2 Å². The standard InChI is InChI=1S/C17H26N4O8S/c1-17(2,3)28-16(24)19-8-6-11(7-9-19)18-14(22)13-5-4-12-10-20(13)15(23)21(12)29-30(25,26)27/h4-5,11-13H,6-10H2,1-3H3,(H,18,22)(H,25,26,27)/t12-,13+/m1/s1. The summed E-state index contributed by atoms with van der Waals surface area (Å²) in [6.07, 6.45) is 3.66. The van der Waals surface area contributed by atoms with Gasteiger partial charge in [0.25, 0.3) is 0 Å². The average molecular weight is 446 g/mol. The summed E-state index contributed by atoms with van der Waals surface area (Å²) >= 11 is 0. The van der Waals surface area contributed by atoms with E-state index in [4.69, 9.17) is 9.29 Å². The first-order valence-electron chi connectivity index (χ1n) is 9.57. The summed E-state index contributed by atoms with van der Waals surface area (Å²) in [5.74, 6) is -0.414. The molecule has 3 aliphatic rings. The third kappa shape index (κ3) is 5.21. The van der Waals surface area contributed by atoms with Gasteiger partial charge in [0.05, 0.1) is 12.6 Å². The SMILES string of the molecule is CC(C)(C)OC(=O)N1CCC(NC(=O)[C@@H]2C=C[C@@H]3CN2C(=O)N3OS(=O)(=O)O)CC1. The number of rotatable bonds is 4. The van der Waals surface area contributed by atoms with Crippen LogP contribution in [-0.4, -0.2) is 89.2 Å². The van der Waals surface area contributed by atoms with Crippen LogP contribution in [-0.2, 0) is 24.2 Å². The van der Waals surface area contributed by atoms with Gasteiger partial charge < -0.3 is 19.9 Å². The molecule has 3 heterocycles. The molecule has 2 N–H and O–H groups in total. The van der Waals surface area contributed by atoms with Crippen LogP contribution in [0.25, 0.3) is 0 Å². The summed E-state index contributed by atoms with van der Waals surface area (Å²) in [6, 6.07) is -2.65. The third-order valence-corrected chi connectivity index (χ3v) is 5.26. The molecule has 2 atom stereocenters. The highest BCUT2D eigenvalue weighted by Gasteiger charge is 2.47. The Hall–Kier alpha value is -2.38. The molecule has 168 valence electrons. The second-order valence-electron chi connectivity index (χ2n) is 8.41. The second-order valence-corrected chi connectivity index (χ2v) is 9.41. The average Bonchev–Trinajstić information content (AvgIpc) is 2.84. The van der Waals surface area contributed by atoms with Gasteiger partial charge in [-0.25, -0.2) is 9.59 Å². The fourth-order valence-electron chi connectivity index (χ4n) is 3.57. The number of amides is 4. The van der Waals surface area contributed by atoms with Crippen molar-refractivity contribution >= 4 is 28.4 Å². The molecule has 0 aromatic carbocycles. The molecular weight excluding hydrogens is 420 g/mol. The third-order valence-electron chi connectivity index (χ3n) is 4.91. The number of piperidine rings is 1. The lowest BCUT2D eigenvalue weighted by atomic mass is 10.0. The lowest BCUT2D eigenvalue weighted by Gasteiger charge is -2.34. The summed E-state index contributed by atoms with van der Waals surface area (Å²) < 4.78 is 40.3. The number of hydroxylamine groups is 2. The molecule has 30 heavy (non-hydrogen) atoms. The molecule has 2 fully saturated rings. The van der Waals surface area contributed by atoms with Crippen LogP contribution in [0.3, 0.4) is 0 Å². The maximum atomic E-state index is 12.7. The Morgan fingerprint density at radius 1 is 1.20 bits per heavy atom. The fourth-order valence-corrected chi connectivity index (χ4v) is 3.95. The summed E-state index contributed by atoms with van der Waals surface area (Å²) in [5.41, 5.74) is -0.581. The Bertz CT molecular complexity index is 844. The molecule has 2 saturated heterocycles. The van der Waals surface area contributed by atoms with E-state index in [0.29, 0.717) is 31.0 Å². The Morgan fingerprint density at radius 2 is 1.83 bits per heavy atom. The number of likely N-dealkylation sites (tertiary alicyclic amines) is 1. The van der Waals surface area contributed by atoms with Crippen molar-refractivity contribution in [3.8, 4) is 0 Å². The van der Waals surface area contributed by atoms with E-state index in [1.165, 1.54) is 17.1 Å². The zero-order valence-electron chi connectivity index (χ0n) is 17.0. The molecule has 0 aliphatic carbocycles. The number of nitrogens with one attached hydrogen (secondary N) is 1. The Balaban J connectivity index is 1.53. The Morgan fingerprint density at radius 3 is 2.40 bits per heavy atom. The van der Waals surface area contributed by atoms with Crippen molar-refractivity contribution in [2.45, 2.75) is 57.3 Å². The quantitative estimate of drug-likeness (QED) is 0.463. The van der Waals surface area contributed by atoms with E-state index in [1.807, 2.05) is 0 Å². The van der Waals surface area contributed by atoms with Crippen LogP contribution in [0.4, 0.5) is 9.59 Å². The molecule has 0 radical (unpaired) electrons. The number of carbonyl (C=O) groups excluding carboxylic acids is 3. The maximum Gasteiger partial charge on any atom is 0.418 e. The number of urea groups is 1. The molecule has 3 aliphatic heterocycles. The zero-order chi connectivity index (χ0) is 22.3. The van der Waals surface area contributed by atoms with Gasteiger partial charge in [-0.2, -0.15) is 13.5 Å². The van der Waals surface area contributed by atoms with Gasteiger partial charge in [0.2, 0.25) is 5.91 Å². The fraction of sp³-hybridized carbons (Fsp3) is 0.706. The molecule has 2 bridgehead atoms. The smallest absolute Gasteiger partial charge is 0.418 e. The topological polar surface area (TPSA) is 146 Å². The van der Waals surface area contributed by atoms with Crippen LogP contribution in [0.15, 0.2) is 12.2 Å². The predicted molar refractivity (Wildman–Crippen MR) is 102 cm³/mol. The van der Waals surface area contributed by atoms with Crippen molar-refractivity contribution in [1.29, 1.82) is 0 Å². The predicted octanol–water partition coefficient (Wildman–Crippen LogP) is 0.281. The van der Waals surface area contributed by atoms with Gasteiger partial charge in [-0.1, -0.05) is 12.2 Å². The van der Waals surface area contributed by atoms with Crippen molar-refractivity contribution in [2.75, 3.05) is 19.6 Å². The number of nitrogens with zero attached hydrogens (tertiary/aromatic N) is 3. The summed E-state index contributed by atoms with van der Waals surface area (Å²) in [6.45, 7) is 6.30. The summed E-state index contributed by atoms with van der Waals surface area (Å²) in [7, 11) is -4.86. The highest BCUT2D eigenvalue weighted by atomic mass is 32.3. The number of fused-ring (bicyclic) bond motifs is 2. The van der Waals surface area contributed by atoms with Crippen molar-refractivity contribution in [2.24, 2.45) is 0 Å². The van der Waals surface area contributed by atoms with E-state index in [0.717, 1.165) is 0 Å². The highest BCUT2D eigenvalue weighted by Crippen LogP contribution is 2.26. The van der Waals surface area contributed by atoms with Crippen LogP contribution >= 0.6 is 0 Å². The lowest BCUT2D eigenvalue weighted by molar-refractivity contribution is -0.125. The molecular formula is C17H26N4O8S. The summed E-state index contributed by atoms with van der Waals surface area (Å²) in [4.78, 5) is 40.0. The van der Waals surface area contributed by atoms with Crippen LogP contribution in [0.5, 0.6) is 0 Å². The van der Waals surface area contributed by atoms with Gasteiger partial charge in [-0.05, 0) is 33.6 Å². The molecule has 4 amide bonds. The molecule has 0 aromatic heterocycles. The Kier molecular flexibility index (Phi) is 5.98. The van der Waals surface area contributed by atoms with Crippen LogP contribution in [0.2, 0.25) is 0 Å². The van der Waals surface area contributed by atoms with Crippen molar-refractivity contribution < 1.29 is 36.4 Å². The van der Waals surface area contributed by atoms with Crippen LogP contribution < -0.4 is 5.32 Å². The zero-order valence-corrected chi connectivity index (χ0v) is 17.8. The Labute approximate surface area is 174 Å². The van der Waals surface area contributed by atoms with Gasteiger partial charge >= 0.3 is 22.5 Å². The first-order chi connectivity index (χ1) is 13.8. The maximum absolute atomic E-state index is 12.7. The minimum Gasteiger partial charge on any atom is -0.444 e. The van der Waals surface area contributed by atoms with Crippen LogP contribution in [0.1, 0.15) is 33.6 Å². The van der Waals surface area contributed by atoms with E-state index in [9.17, 15) is 22.8 Å². The normalized spacial score (nSPS) is 24.9. The lowest BCUT2D eigenvalue weighted by Crippen LogP contribution is -2.53. The van der Waals surface area contributed by atoms with Gasteiger partial charge in [0, 0.05) is 19.1 Å². The van der Waals surface area contributed by atoms with E-state index >= 15 is 0 Å². The highest BCUT2D eigenvalue weighted by molar-refractivity contribution is 7.80. The van der Waals surface area contributed by atoms with Gasteiger partial charge in [0.15, 0.2) is 0 Å². The molecule has 0 saturated carbocycles. The minimum absolute atomic E-state index is 0.0556. The number of ether oxygens (including phenoxy) is 1. The van der Waals surface area contributed by atoms with E-state index < -0.39 is 46.1 Å². The largest absolute Gasteiger partial charge is 0.444 e. The van der Waals surface area contributed by atoms with E-state index in [2.05, 4.69) is 9.60 Å². The molecule has 3 rings (SSSR count). The number of hydrogen-bond acceptors (Lipinski definition) is 7. The summed E-state index contributed by atoms with van der Waals surface area (Å²) in [5, 5.41) is 3.40. The van der Waals surface area contributed by atoms with Gasteiger partial charge in [0.1, 0.15) is 11.6 Å². The van der Waals surface area contributed by atoms with E-state index in [1.54, 1.807) is 25.7 Å². The van der Waals surface area contributed by atoms with Gasteiger partial charge in [-0.3, -0.25) is 9.35 Å². The molecule has 13 heteroatoms. The van der Waals surface area contributed by atoms with E-state index in [-0.39, 0.29) is 12.6 Å². The first kappa shape index (κ1) is 22.3. The minimum atomic E-state index is -4.86. The van der Waals surface area contributed by atoms with Crippen molar-refractivity contribution in [1.82, 2.24) is 20.2 Å². The number of carbonyl (C=O) groups is 3. The first-order valence-corrected chi connectivity index (χ1v) is 10.9. The molecule has 0 aromatic rings. The van der Waals surface area contributed by atoms with Crippen LogP contribution in [0, 0.1) is 0 Å². The number of hydrogen-bond donors (Lipinski definition) is 2. The molecule has 0 spiro atoms.